The molecule has 5 aromatic heterocycles. The average Bonchev–Trinajstić information content (AvgIpc) is 3.01. The molecule has 7 nitrogen and oxygen atoms in total. The minimum atomic E-state index is -0.0211. The highest BCUT2D eigenvalue weighted by atomic mass is 15.3. The van der Waals surface area contributed by atoms with Crippen LogP contribution in [0.4, 0.5) is 34.9 Å². The van der Waals surface area contributed by atoms with Crippen LogP contribution < -0.4 is 9.80 Å². The Morgan fingerprint density at radius 1 is 0.333 bits per heavy atom. The van der Waals surface area contributed by atoms with Crippen molar-refractivity contribution in [3.05, 3.63) is 114 Å². The summed E-state index contributed by atoms with van der Waals surface area (Å²) < 4.78 is 0. The molecule has 5 aromatic rings. The number of anilines is 6. The van der Waals surface area contributed by atoms with Crippen LogP contribution in [0, 0.1) is 0 Å². The lowest BCUT2D eigenvalue weighted by atomic mass is 9.88. The van der Waals surface area contributed by atoms with Gasteiger partial charge in [0.25, 0.3) is 0 Å². The molecule has 0 spiro atoms. The molecule has 0 N–H and O–H groups in total. The quantitative estimate of drug-likeness (QED) is 0.183. The maximum Gasteiger partial charge on any atom is 0.142 e. The maximum atomic E-state index is 5.26. The fourth-order valence-corrected chi connectivity index (χ4v) is 5.21. The van der Waals surface area contributed by atoms with Gasteiger partial charge >= 0.3 is 0 Å². The summed E-state index contributed by atoms with van der Waals surface area (Å²) in [4.78, 5) is 29.0. The molecule has 0 unspecified atom stereocenters. The van der Waals surface area contributed by atoms with E-state index in [1.807, 2.05) is 77.1 Å². The first-order valence-corrected chi connectivity index (χ1v) is 16.8. The van der Waals surface area contributed by atoms with E-state index in [0.717, 1.165) is 45.5 Å². The van der Waals surface area contributed by atoms with Crippen LogP contribution in [-0.2, 0) is 21.7 Å². The second kappa shape index (κ2) is 12.8. The van der Waals surface area contributed by atoms with Gasteiger partial charge in [-0.3, -0.25) is 9.80 Å². The van der Waals surface area contributed by atoms with Gasteiger partial charge in [-0.15, -0.1) is 0 Å². The number of nitrogens with zero attached hydrogens (tertiary/aromatic N) is 7. The van der Waals surface area contributed by atoms with Crippen molar-refractivity contribution in [3.8, 4) is 0 Å². The van der Waals surface area contributed by atoms with Gasteiger partial charge in [0, 0.05) is 24.8 Å². The molecule has 48 heavy (non-hydrogen) atoms. The molecule has 0 fully saturated rings. The summed E-state index contributed by atoms with van der Waals surface area (Å²) in [5.41, 5.74) is 4.54. The molecule has 250 valence electrons. The van der Waals surface area contributed by atoms with Crippen molar-refractivity contribution in [2.45, 2.75) is 105 Å². The number of hydrogen-bond acceptors (Lipinski definition) is 7. The van der Waals surface area contributed by atoms with Crippen molar-refractivity contribution in [2.75, 3.05) is 9.80 Å². The van der Waals surface area contributed by atoms with Gasteiger partial charge in [-0.2, -0.15) is 0 Å². The van der Waals surface area contributed by atoms with Gasteiger partial charge in [0.1, 0.15) is 34.9 Å². The molecular weight excluding hydrogens is 591 g/mol. The Bertz CT molecular complexity index is 1570. The summed E-state index contributed by atoms with van der Waals surface area (Å²) in [6.45, 7) is 26.3. The summed E-state index contributed by atoms with van der Waals surface area (Å²) in [7, 11) is 0. The number of aromatic nitrogens is 5. The standard InChI is InChI=1S/C41H51N7/c1-38(2,3)28-16-20-32(42-24-28)47(33-21-17-29(25-43-33)39(4,5)6)36-14-13-15-37(46-36)48(34-22-18-30(26-44-34)40(7,8)9)35-23-19-31(27-45-35)41(10,11)12/h13-27H,1-12H3. The third-order valence-electron chi connectivity index (χ3n) is 8.55. The maximum absolute atomic E-state index is 5.26. The van der Waals surface area contributed by atoms with E-state index >= 15 is 0 Å². The summed E-state index contributed by atoms with van der Waals surface area (Å²) >= 11 is 0. The molecule has 0 aromatic carbocycles. The lowest BCUT2D eigenvalue weighted by Gasteiger charge is -2.28. The monoisotopic (exact) mass is 641 g/mol. The van der Waals surface area contributed by atoms with Gasteiger partial charge in [0.05, 0.1) is 0 Å². The Hall–Kier alpha value is -4.65. The van der Waals surface area contributed by atoms with Crippen LogP contribution in [0.25, 0.3) is 0 Å². The minimum Gasteiger partial charge on any atom is -0.262 e. The molecule has 0 saturated carbocycles. The predicted octanol–water partition coefficient (Wildman–Crippen LogP) is 10.8. The van der Waals surface area contributed by atoms with Gasteiger partial charge in [0.2, 0.25) is 0 Å². The second-order valence-electron chi connectivity index (χ2n) is 16.6. The molecule has 0 saturated heterocycles. The van der Waals surface area contributed by atoms with E-state index in [0.29, 0.717) is 11.6 Å². The fourth-order valence-electron chi connectivity index (χ4n) is 5.21. The van der Waals surface area contributed by atoms with Crippen molar-refractivity contribution < 1.29 is 0 Å². The van der Waals surface area contributed by atoms with Gasteiger partial charge < -0.3 is 0 Å². The zero-order valence-corrected chi connectivity index (χ0v) is 30.8. The molecule has 5 heterocycles. The van der Waals surface area contributed by atoms with Crippen LogP contribution in [0.1, 0.15) is 105 Å². The van der Waals surface area contributed by atoms with Gasteiger partial charge in [-0.25, -0.2) is 24.9 Å². The largest absolute Gasteiger partial charge is 0.262 e. The Balaban J connectivity index is 1.66. The average molecular weight is 642 g/mol. The SMILES string of the molecule is CC(C)(C)c1ccc(N(c2ccc(C(C)(C)C)cn2)c2cccc(N(c3ccc(C(C)(C)C)cn3)c3ccc(C(C)(C)C)cn3)n2)nc1. The van der Waals surface area contributed by atoms with Gasteiger partial charge in [-0.05, 0) is 80.3 Å². The lowest BCUT2D eigenvalue weighted by Crippen LogP contribution is -2.20. The number of pyridine rings is 5. The zero-order valence-electron chi connectivity index (χ0n) is 30.8. The molecular formula is C41H51N7. The van der Waals surface area contributed by atoms with E-state index in [1.54, 1.807) is 0 Å². The van der Waals surface area contributed by atoms with Crippen molar-refractivity contribution in [3.63, 3.8) is 0 Å². The molecule has 7 heteroatoms. The molecule has 0 radical (unpaired) electrons. The number of rotatable bonds is 6. The Kier molecular flexibility index (Phi) is 9.21. The summed E-state index contributed by atoms with van der Waals surface area (Å²) in [6, 6.07) is 22.7. The number of hydrogen-bond donors (Lipinski definition) is 0. The van der Waals surface area contributed by atoms with E-state index in [2.05, 4.69) is 107 Å². The van der Waals surface area contributed by atoms with E-state index < -0.39 is 0 Å². The first kappa shape index (κ1) is 34.7. The van der Waals surface area contributed by atoms with Crippen LogP contribution >= 0.6 is 0 Å². The van der Waals surface area contributed by atoms with Crippen molar-refractivity contribution in [2.24, 2.45) is 0 Å². The molecule has 0 amide bonds. The smallest absolute Gasteiger partial charge is 0.142 e. The van der Waals surface area contributed by atoms with Crippen LogP contribution in [-0.4, -0.2) is 24.9 Å². The third kappa shape index (κ3) is 7.73. The zero-order chi connectivity index (χ0) is 35.1. The highest BCUT2D eigenvalue weighted by Gasteiger charge is 2.24. The Morgan fingerprint density at radius 2 is 0.583 bits per heavy atom. The molecule has 0 aliphatic carbocycles. The van der Waals surface area contributed by atoms with E-state index in [-0.39, 0.29) is 21.7 Å². The fraction of sp³-hybridized carbons (Fsp3) is 0.390. The van der Waals surface area contributed by atoms with Crippen LogP contribution in [0.2, 0.25) is 0 Å². The topological polar surface area (TPSA) is 70.9 Å². The van der Waals surface area contributed by atoms with Crippen LogP contribution in [0.15, 0.2) is 91.5 Å². The van der Waals surface area contributed by atoms with Crippen molar-refractivity contribution in [1.29, 1.82) is 0 Å². The summed E-state index contributed by atoms with van der Waals surface area (Å²) in [5, 5.41) is 0. The van der Waals surface area contributed by atoms with Crippen molar-refractivity contribution in [1.82, 2.24) is 24.9 Å². The molecule has 0 atom stereocenters. The van der Waals surface area contributed by atoms with Crippen LogP contribution in [0.3, 0.4) is 0 Å². The normalized spacial score (nSPS) is 12.6. The van der Waals surface area contributed by atoms with Crippen molar-refractivity contribution >= 4 is 34.9 Å². The highest BCUT2D eigenvalue weighted by molar-refractivity contribution is 5.74. The molecule has 5 rings (SSSR count). The minimum absolute atomic E-state index is 0.0211. The van der Waals surface area contributed by atoms with Gasteiger partial charge in [0.15, 0.2) is 0 Å². The third-order valence-corrected chi connectivity index (χ3v) is 8.55. The summed E-state index contributed by atoms with van der Waals surface area (Å²) in [6.07, 6.45) is 7.79. The first-order chi connectivity index (χ1) is 22.3. The Morgan fingerprint density at radius 3 is 0.771 bits per heavy atom. The molecule has 0 bridgehead atoms. The van der Waals surface area contributed by atoms with Gasteiger partial charge in [-0.1, -0.05) is 113 Å². The molecule has 0 aliphatic heterocycles. The lowest BCUT2D eigenvalue weighted by molar-refractivity contribution is 0.587. The van der Waals surface area contributed by atoms with E-state index in [1.165, 1.54) is 0 Å². The molecule has 0 aliphatic rings. The first-order valence-electron chi connectivity index (χ1n) is 16.8. The Labute approximate surface area is 287 Å². The summed E-state index contributed by atoms with van der Waals surface area (Å²) in [5.74, 6) is 4.29. The van der Waals surface area contributed by atoms with E-state index in [4.69, 9.17) is 24.9 Å². The van der Waals surface area contributed by atoms with Crippen LogP contribution in [0.5, 0.6) is 0 Å². The van der Waals surface area contributed by atoms with E-state index in [9.17, 15) is 0 Å². The second-order valence-corrected chi connectivity index (χ2v) is 16.6. The predicted molar refractivity (Wildman–Crippen MR) is 200 cm³/mol. The highest BCUT2D eigenvalue weighted by Crippen LogP contribution is 2.37.